The van der Waals surface area contributed by atoms with Crippen LogP contribution in [0.15, 0.2) is 42.5 Å². The van der Waals surface area contributed by atoms with Crippen molar-refractivity contribution in [2.24, 2.45) is 0 Å². The second kappa shape index (κ2) is 7.70. The number of carbonyl (C=O) groups is 2. The van der Waals surface area contributed by atoms with Crippen LogP contribution in [-0.4, -0.2) is 30.6 Å². The third kappa shape index (κ3) is 4.58. The summed E-state index contributed by atoms with van der Waals surface area (Å²) in [5.41, 5.74) is 1.97. The third-order valence-corrected chi connectivity index (χ3v) is 4.18. The average Bonchev–Trinajstić information content (AvgIpc) is 2.95. The van der Waals surface area contributed by atoms with Gasteiger partial charge in [-0.25, -0.2) is 0 Å². The summed E-state index contributed by atoms with van der Waals surface area (Å²) in [6.45, 7) is 6.35. The number of rotatable bonds is 6. The molecule has 0 fully saturated rings. The molecule has 0 atom stereocenters. The zero-order valence-electron chi connectivity index (χ0n) is 15.8. The highest BCUT2D eigenvalue weighted by Gasteiger charge is 2.32. The molecule has 0 unspecified atom stereocenters. The number of ether oxygens (including phenoxy) is 2. The maximum absolute atomic E-state index is 12.2. The number of hydrogen-bond donors (Lipinski definition) is 2. The number of nitrogens with one attached hydrogen (secondary N) is 2. The molecule has 1 heterocycles. The van der Waals surface area contributed by atoms with Gasteiger partial charge < -0.3 is 20.1 Å². The predicted molar refractivity (Wildman–Crippen MR) is 103 cm³/mol. The molecule has 6 heteroatoms. The van der Waals surface area contributed by atoms with Gasteiger partial charge in [0.2, 0.25) is 0 Å². The fraction of sp³-hybridized carbons (Fsp3) is 0.333. The average molecular weight is 368 g/mol. The van der Waals surface area contributed by atoms with E-state index in [1.165, 1.54) is 0 Å². The highest BCUT2D eigenvalue weighted by molar-refractivity contribution is 5.96. The minimum Gasteiger partial charge on any atom is -0.483 e. The smallest absolute Gasteiger partial charge is 0.262 e. The molecule has 142 valence electrons. The maximum atomic E-state index is 12.2. The van der Waals surface area contributed by atoms with Gasteiger partial charge >= 0.3 is 0 Å². The molecule has 0 spiro atoms. The van der Waals surface area contributed by atoms with E-state index >= 15 is 0 Å². The van der Waals surface area contributed by atoms with Crippen molar-refractivity contribution < 1.29 is 19.1 Å². The van der Waals surface area contributed by atoms with Crippen molar-refractivity contribution in [3.8, 4) is 11.5 Å². The summed E-state index contributed by atoms with van der Waals surface area (Å²) in [7, 11) is 0. The van der Waals surface area contributed by atoms with E-state index in [0.29, 0.717) is 29.3 Å². The highest BCUT2D eigenvalue weighted by atomic mass is 16.5. The molecule has 27 heavy (non-hydrogen) atoms. The number of carbonyl (C=O) groups excluding carboxylic acids is 2. The Morgan fingerprint density at radius 3 is 2.59 bits per heavy atom. The fourth-order valence-electron chi connectivity index (χ4n) is 3.01. The number of fused-ring (bicyclic) bond motifs is 1. The van der Waals surface area contributed by atoms with E-state index in [1.54, 1.807) is 30.3 Å². The monoisotopic (exact) mass is 368 g/mol. The minimum absolute atomic E-state index is 0.127. The Morgan fingerprint density at radius 1 is 1.15 bits per heavy atom. The molecule has 1 aliphatic rings. The first-order valence-corrected chi connectivity index (χ1v) is 9.00. The molecule has 2 aromatic rings. The van der Waals surface area contributed by atoms with E-state index in [-0.39, 0.29) is 24.0 Å². The number of benzene rings is 2. The van der Waals surface area contributed by atoms with Gasteiger partial charge in [-0.15, -0.1) is 0 Å². The summed E-state index contributed by atoms with van der Waals surface area (Å²) in [6, 6.07) is 12.4. The Bertz CT molecular complexity index is 844. The lowest BCUT2D eigenvalue weighted by atomic mass is 10.0. The van der Waals surface area contributed by atoms with Crippen LogP contribution >= 0.6 is 0 Å². The SMILES string of the molecule is CCNC(=O)c1ccc(NC(=O)COc2cccc3c2OC(C)(C)C3)cc1. The van der Waals surface area contributed by atoms with Crippen LogP contribution in [0.25, 0.3) is 0 Å². The Labute approximate surface area is 158 Å². The van der Waals surface area contributed by atoms with Crippen LogP contribution in [0, 0.1) is 0 Å². The zero-order valence-corrected chi connectivity index (χ0v) is 15.8. The first-order valence-electron chi connectivity index (χ1n) is 9.00. The Balaban J connectivity index is 1.57. The van der Waals surface area contributed by atoms with Gasteiger partial charge in [0.15, 0.2) is 18.1 Å². The van der Waals surface area contributed by atoms with E-state index in [1.807, 2.05) is 32.9 Å². The van der Waals surface area contributed by atoms with Crippen LogP contribution in [0.1, 0.15) is 36.7 Å². The minimum atomic E-state index is -0.282. The second-order valence-corrected chi connectivity index (χ2v) is 7.06. The molecule has 2 aromatic carbocycles. The van der Waals surface area contributed by atoms with Crippen LogP contribution in [0.5, 0.6) is 11.5 Å². The molecule has 1 aliphatic heterocycles. The first kappa shape index (κ1) is 18.8. The van der Waals surface area contributed by atoms with Gasteiger partial charge in [0.1, 0.15) is 5.60 Å². The molecule has 0 saturated carbocycles. The molecule has 0 radical (unpaired) electrons. The van der Waals surface area contributed by atoms with E-state index in [4.69, 9.17) is 9.47 Å². The highest BCUT2D eigenvalue weighted by Crippen LogP contribution is 2.41. The lowest BCUT2D eigenvalue weighted by Crippen LogP contribution is -2.25. The molecule has 0 aromatic heterocycles. The van der Waals surface area contributed by atoms with E-state index < -0.39 is 0 Å². The van der Waals surface area contributed by atoms with Gasteiger partial charge in [-0.05, 0) is 51.1 Å². The molecule has 0 bridgehead atoms. The van der Waals surface area contributed by atoms with Crippen LogP contribution in [0.4, 0.5) is 5.69 Å². The van der Waals surface area contributed by atoms with Gasteiger partial charge in [-0.2, -0.15) is 0 Å². The molecule has 2 amide bonds. The van der Waals surface area contributed by atoms with Gasteiger partial charge in [0.25, 0.3) is 11.8 Å². The van der Waals surface area contributed by atoms with Crippen molar-refractivity contribution in [3.05, 3.63) is 53.6 Å². The molecular weight excluding hydrogens is 344 g/mol. The maximum Gasteiger partial charge on any atom is 0.262 e. The van der Waals surface area contributed by atoms with Crippen molar-refractivity contribution in [2.75, 3.05) is 18.5 Å². The quantitative estimate of drug-likeness (QED) is 0.821. The topological polar surface area (TPSA) is 76.7 Å². The third-order valence-electron chi connectivity index (χ3n) is 4.18. The van der Waals surface area contributed by atoms with E-state index in [9.17, 15) is 9.59 Å². The number of hydrogen-bond acceptors (Lipinski definition) is 4. The van der Waals surface area contributed by atoms with E-state index in [2.05, 4.69) is 10.6 Å². The van der Waals surface area contributed by atoms with Crippen molar-refractivity contribution in [1.82, 2.24) is 5.32 Å². The van der Waals surface area contributed by atoms with Gasteiger partial charge in [-0.1, -0.05) is 12.1 Å². The number of para-hydroxylation sites is 1. The summed E-state index contributed by atoms with van der Waals surface area (Å²) < 4.78 is 11.6. The molecule has 0 aliphatic carbocycles. The second-order valence-electron chi connectivity index (χ2n) is 7.06. The van der Waals surface area contributed by atoms with Crippen molar-refractivity contribution in [1.29, 1.82) is 0 Å². The fourth-order valence-corrected chi connectivity index (χ4v) is 3.01. The Morgan fingerprint density at radius 2 is 1.89 bits per heavy atom. The Hall–Kier alpha value is -3.02. The van der Waals surface area contributed by atoms with Crippen LogP contribution in [0.3, 0.4) is 0 Å². The predicted octanol–water partition coefficient (Wildman–Crippen LogP) is 3.17. The standard InChI is InChI=1S/C21H24N2O4/c1-4-22-20(25)14-8-10-16(11-9-14)23-18(24)13-26-17-7-5-6-15-12-21(2,3)27-19(15)17/h5-11H,4,12-13H2,1-3H3,(H,22,25)(H,23,24). The zero-order chi connectivity index (χ0) is 19.4. The van der Waals surface area contributed by atoms with Gasteiger partial charge in [0.05, 0.1) is 0 Å². The summed E-state index contributed by atoms with van der Waals surface area (Å²) in [5.74, 6) is 0.858. The molecular formula is C21H24N2O4. The lowest BCUT2D eigenvalue weighted by Gasteiger charge is -2.18. The van der Waals surface area contributed by atoms with Crippen LogP contribution < -0.4 is 20.1 Å². The normalized spacial score (nSPS) is 14.0. The molecule has 0 saturated heterocycles. The Kier molecular flexibility index (Phi) is 5.35. The summed E-state index contributed by atoms with van der Waals surface area (Å²) in [6.07, 6.45) is 0.809. The lowest BCUT2D eigenvalue weighted by molar-refractivity contribution is -0.118. The molecule has 6 nitrogen and oxygen atoms in total. The van der Waals surface area contributed by atoms with Crippen molar-refractivity contribution >= 4 is 17.5 Å². The summed E-state index contributed by atoms with van der Waals surface area (Å²) in [4.78, 5) is 23.9. The summed E-state index contributed by atoms with van der Waals surface area (Å²) in [5, 5.41) is 5.49. The molecule has 2 N–H and O–H groups in total. The first-order chi connectivity index (χ1) is 12.9. The summed E-state index contributed by atoms with van der Waals surface area (Å²) >= 11 is 0. The molecule has 3 rings (SSSR count). The largest absolute Gasteiger partial charge is 0.483 e. The number of anilines is 1. The van der Waals surface area contributed by atoms with Crippen molar-refractivity contribution in [2.45, 2.75) is 32.8 Å². The van der Waals surface area contributed by atoms with Gasteiger partial charge in [-0.3, -0.25) is 9.59 Å². The van der Waals surface area contributed by atoms with Crippen molar-refractivity contribution in [3.63, 3.8) is 0 Å². The van der Waals surface area contributed by atoms with E-state index in [0.717, 1.165) is 12.0 Å². The number of amides is 2. The van der Waals surface area contributed by atoms with Crippen LogP contribution in [0.2, 0.25) is 0 Å². The van der Waals surface area contributed by atoms with Crippen LogP contribution in [-0.2, 0) is 11.2 Å². The van der Waals surface area contributed by atoms with Gasteiger partial charge in [0, 0.05) is 29.8 Å².